The molecule has 0 amide bonds. The first-order chi connectivity index (χ1) is 14.5. The fourth-order valence-electron chi connectivity index (χ4n) is 3.58. The Morgan fingerprint density at radius 1 is 1.03 bits per heavy atom. The summed E-state index contributed by atoms with van der Waals surface area (Å²) in [4.78, 5) is 25.5. The highest BCUT2D eigenvalue weighted by atomic mass is 16.5. The van der Waals surface area contributed by atoms with Crippen molar-refractivity contribution in [3.8, 4) is 11.7 Å². The van der Waals surface area contributed by atoms with Gasteiger partial charge in [-0.15, -0.1) is 5.10 Å². The normalized spacial score (nSPS) is 14.8. The van der Waals surface area contributed by atoms with Crippen LogP contribution in [0, 0.1) is 13.8 Å². The molecule has 0 radical (unpaired) electrons. The zero-order chi connectivity index (χ0) is 21.1. The molecule has 30 heavy (non-hydrogen) atoms. The maximum Gasteiger partial charge on any atom is 0.266 e. The van der Waals surface area contributed by atoms with Crippen LogP contribution in [-0.4, -0.2) is 74.3 Å². The highest BCUT2D eigenvalue weighted by Crippen LogP contribution is 2.14. The fourth-order valence-corrected chi connectivity index (χ4v) is 3.58. The van der Waals surface area contributed by atoms with E-state index in [0.29, 0.717) is 24.2 Å². The van der Waals surface area contributed by atoms with Crippen LogP contribution in [0.3, 0.4) is 0 Å². The van der Waals surface area contributed by atoms with E-state index in [9.17, 15) is 4.79 Å². The highest BCUT2D eigenvalue weighted by Gasteiger charge is 2.19. The van der Waals surface area contributed by atoms with Gasteiger partial charge in [-0.2, -0.15) is 10.1 Å². The first-order valence-corrected chi connectivity index (χ1v) is 9.99. The maximum absolute atomic E-state index is 12.3. The quantitative estimate of drug-likeness (QED) is 0.585. The average Bonchev–Trinajstić information content (AvgIpc) is 3.11. The van der Waals surface area contributed by atoms with E-state index in [0.717, 1.165) is 44.1 Å². The van der Waals surface area contributed by atoms with Crippen molar-refractivity contribution in [2.75, 3.05) is 44.7 Å². The molecule has 0 unspecified atom stereocenters. The van der Waals surface area contributed by atoms with Gasteiger partial charge in [-0.1, -0.05) is 0 Å². The summed E-state index contributed by atoms with van der Waals surface area (Å²) in [6.07, 6.45) is 1.71. The molecule has 3 aromatic rings. The zero-order valence-electron chi connectivity index (χ0n) is 17.5. The van der Waals surface area contributed by atoms with Crippen molar-refractivity contribution < 1.29 is 4.74 Å². The van der Waals surface area contributed by atoms with Gasteiger partial charge in [0.05, 0.1) is 19.3 Å². The Labute approximate surface area is 174 Å². The molecule has 10 nitrogen and oxygen atoms in total. The van der Waals surface area contributed by atoms with Gasteiger partial charge in [0.2, 0.25) is 11.8 Å². The first kappa shape index (κ1) is 20.0. The van der Waals surface area contributed by atoms with E-state index < -0.39 is 0 Å². The van der Waals surface area contributed by atoms with Crippen LogP contribution in [-0.2, 0) is 6.54 Å². The van der Waals surface area contributed by atoms with Crippen LogP contribution in [0.15, 0.2) is 35.3 Å². The summed E-state index contributed by atoms with van der Waals surface area (Å²) in [7, 11) is 1.60. The lowest BCUT2D eigenvalue weighted by Crippen LogP contribution is -2.48. The number of rotatable bonds is 6. The molecular formula is C20H26N8O2. The maximum atomic E-state index is 12.3. The molecule has 1 aliphatic rings. The minimum atomic E-state index is -0.108. The standard InChI is InChI=1S/C20H26N8O2/c1-15-14-16(2)28(23-15)17-4-5-19(29)27(24-17)13-10-25-8-11-26(12-9-25)20-21-7-6-18(22-20)30-3/h4-7,14H,8-13H2,1-3H3. The third-order valence-electron chi connectivity index (χ3n) is 5.19. The SMILES string of the molecule is COc1ccnc(N2CCN(CCn3nc(-n4nc(C)cc4C)ccc3=O)CC2)n1. The van der Waals surface area contributed by atoms with Crippen molar-refractivity contribution in [1.29, 1.82) is 0 Å². The van der Waals surface area contributed by atoms with Crippen LogP contribution in [0.4, 0.5) is 5.95 Å². The smallest absolute Gasteiger partial charge is 0.266 e. The van der Waals surface area contributed by atoms with Crippen LogP contribution < -0.4 is 15.2 Å². The Morgan fingerprint density at radius 3 is 2.53 bits per heavy atom. The Kier molecular flexibility index (Phi) is 5.75. The number of methoxy groups -OCH3 is 1. The lowest BCUT2D eigenvalue weighted by atomic mass is 10.3. The van der Waals surface area contributed by atoms with Gasteiger partial charge in [0, 0.05) is 56.7 Å². The van der Waals surface area contributed by atoms with Gasteiger partial charge in [-0.25, -0.2) is 14.3 Å². The van der Waals surface area contributed by atoms with Gasteiger partial charge >= 0.3 is 0 Å². The van der Waals surface area contributed by atoms with Gasteiger partial charge in [-0.3, -0.25) is 9.69 Å². The molecule has 0 N–H and O–H groups in total. The monoisotopic (exact) mass is 410 g/mol. The molecule has 0 aromatic carbocycles. The molecule has 0 aliphatic carbocycles. The first-order valence-electron chi connectivity index (χ1n) is 9.99. The van der Waals surface area contributed by atoms with Crippen LogP contribution >= 0.6 is 0 Å². The molecule has 1 fully saturated rings. The summed E-state index contributed by atoms with van der Waals surface area (Å²) in [5.41, 5.74) is 1.80. The summed E-state index contributed by atoms with van der Waals surface area (Å²) in [6.45, 7) is 8.57. The van der Waals surface area contributed by atoms with E-state index in [1.54, 1.807) is 36.2 Å². The van der Waals surface area contributed by atoms with Gasteiger partial charge < -0.3 is 9.64 Å². The predicted octanol–water partition coefficient (Wildman–Crippen LogP) is 0.667. The molecule has 4 heterocycles. The van der Waals surface area contributed by atoms with Crippen molar-refractivity contribution >= 4 is 5.95 Å². The largest absolute Gasteiger partial charge is 0.481 e. The number of hydrogen-bond donors (Lipinski definition) is 0. The van der Waals surface area contributed by atoms with Crippen molar-refractivity contribution in [3.05, 3.63) is 52.2 Å². The van der Waals surface area contributed by atoms with Crippen molar-refractivity contribution in [2.24, 2.45) is 0 Å². The van der Waals surface area contributed by atoms with Crippen LogP contribution in [0.25, 0.3) is 5.82 Å². The highest BCUT2D eigenvalue weighted by molar-refractivity contribution is 5.32. The lowest BCUT2D eigenvalue weighted by molar-refractivity contribution is 0.241. The summed E-state index contributed by atoms with van der Waals surface area (Å²) >= 11 is 0. The molecule has 0 atom stereocenters. The molecular weight excluding hydrogens is 384 g/mol. The van der Waals surface area contributed by atoms with Crippen LogP contribution in [0.2, 0.25) is 0 Å². The average molecular weight is 410 g/mol. The lowest BCUT2D eigenvalue weighted by Gasteiger charge is -2.34. The van der Waals surface area contributed by atoms with Crippen molar-refractivity contribution in [2.45, 2.75) is 20.4 Å². The fraction of sp³-hybridized carbons (Fsp3) is 0.450. The van der Waals surface area contributed by atoms with E-state index in [2.05, 4.69) is 30.0 Å². The number of piperazine rings is 1. The number of ether oxygens (including phenoxy) is 1. The molecule has 158 valence electrons. The third-order valence-corrected chi connectivity index (χ3v) is 5.19. The molecule has 1 aliphatic heterocycles. The number of nitrogens with zero attached hydrogens (tertiary/aromatic N) is 8. The van der Waals surface area contributed by atoms with Gasteiger partial charge in [0.15, 0.2) is 5.82 Å². The zero-order valence-corrected chi connectivity index (χ0v) is 17.5. The van der Waals surface area contributed by atoms with Gasteiger partial charge in [0.1, 0.15) is 0 Å². The topological polar surface area (TPSA) is 94.2 Å². The summed E-state index contributed by atoms with van der Waals surface area (Å²) < 4.78 is 8.46. The minimum Gasteiger partial charge on any atom is -0.481 e. The second-order valence-electron chi connectivity index (χ2n) is 7.32. The molecule has 4 rings (SSSR count). The van der Waals surface area contributed by atoms with Crippen LogP contribution in [0.5, 0.6) is 5.88 Å². The molecule has 3 aromatic heterocycles. The van der Waals surface area contributed by atoms with E-state index in [1.807, 2.05) is 19.9 Å². The van der Waals surface area contributed by atoms with E-state index in [-0.39, 0.29) is 5.56 Å². The summed E-state index contributed by atoms with van der Waals surface area (Å²) in [6, 6.07) is 7.00. The van der Waals surface area contributed by atoms with E-state index in [4.69, 9.17) is 4.74 Å². The Balaban J connectivity index is 1.37. The number of aryl methyl sites for hydroxylation is 2. The van der Waals surface area contributed by atoms with E-state index >= 15 is 0 Å². The Hall–Kier alpha value is -3.27. The number of anilines is 1. The molecule has 0 bridgehead atoms. The molecule has 0 spiro atoms. The number of aromatic nitrogens is 6. The second-order valence-corrected chi connectivity index (χ2v) is 7.32. The van der Waals surface area contributed by atoms with Gasteiger partial charge in [-0.05, 0) is 26.0 Å². The summed E-state index contributed by atoms with van der Waals surface area (Å²) in [5, 5.41) is 8.97. The predicted molar refractivity (Wildman–Crippen MR) is 112 cm³/mol. The Bertz CT molecular complexity index is 1070. The van der Waals surface area contributed by atoms with Crippen LogP contribution in [0.1, 0.15) is 11.4 Å². The molecule has 1 saturated heterocycles. The van der Waals surface area contributed by atoms with Crippen molar-refractivity contribution in [3.63, 3.8) is 0 Å². The van der Waals surface area contributed by atoms with Crippen molar-refractivity contribution in [1.82, 2.24) is 34.4 Å². The molecule has 10 heteroatoms. The summed E-state index contributed by atoms with van der Waals surface area (Å²) in [5.74, 6) is 1.90. The number of hydrogen-bond acceptors (Lipinski definition) is 8. The molecule has 0 saturated carbocycles. The van der Waals surface area contributed by atoms with E-state index in [1.165, 1.54) is 4.68 Å². The minimum absolute atomic E-state index is 0.108. The van der Waals surface area contributed by atoms with Gasteiger partial charge in [0.25, 0.3) is 5.56 Å². The second kappa shape index (κ2) is 8.62. The Morgan fingerprint density at radius 2 is 1.83 bits per heavy atom. The third kappa shape index (κ3) is 4.33.